The quantitative estimate of drug-likeness (QED) is 0.444. The van der Waals surface area contributed by atoms with Gasteiger partial charge in [0.15, 0.2) is 0 Å². The fourth-order valence-corrected chi connectivity index (χ4v) is 1.15. The number of alkyl halides is 3. The minimum Gasteiger partial charge on any atom is -0.424 e. The van der Waals surface area contributed by atoms with E-state index in [2.05, 4.69) is 9.47 Å². The number of para-hydroxylation sites is 1. The molecule has 0 aliphatic carbocycles. The molecular weight excluding hydrogens is 225 g/mol. The Labute approximate surface area is 88.8 Å². The first kappa shape index (κ1) is 10.9. The number of hydrogen-bond donors (Lipinski definition) is 0. The fraction of sp³-hybridized carbons (Fsp3) is 0.300. The van der Waals surface area contributed by atoms with Crippen LogP contribution in [0.1, 0.15) is 0 Å². The molecular formula is C10H7F3O3. The summed E-state index contributed by atoms with van der Waals surface area (Å²) in [4.78, 5) is 11.3. The average Bonchev–Trinajstić information content (AvgIpc) is 2.98. The largest absolute Gasteiger partial charge is 0.430 e. The van der Waals surface area contributed by atoms with Crippen molar-refractivity contribution in [2.45, 2.75) is 11.8 Å². The predicted molar refractivity (Wildman–Crippen MR) is 46.8 cm³/mol. The maximum atomic E-state index is 12.4. The number of epoxide rings is 1. The van der Waals surface area contributed by atoms with Gasteiger partial charge in [0.2, 0.25) is 0 Å². The number of ether oxygens (including phenoxy) is 2. The van der Waals surface area contributed by atoms with E-state index in [1.54, 1.807) is 18.2 Å². The Hall–Kier alpha value is -1.56. The number of carbonyl (C=O) groups is 1. The van der Waals surface area contributed by atoms with Crippen molar-refractivity contribution in [3.8, 4) is 5.75 Å². The monoisotopic (exact) mass is 232 g/mol. The first-order chi connectivity index (χ1) is 7.46. The van der Waals surface area contributed by atoms with Crippen LogP contribution in [0.3, 0.4) is 0 Å². The number of rotatable bonds is 2. The van der Waals surface area contributed by atoms with Crippen LogP contribution in [-0.4, -0.2) is 24.4 Å². The topological polar surface area (TPSA) is 38.8 Å². The molecule has 1 heterocycles. The highest BCUT2D eigenvalue weighted by Crippen LogP contribution is 2.44. The first-order valence-electron chi connectivity index (χ1n) is 4.44. The Balaban J connectivity index is 2.11. The Morgan fingerprint density at radius 1 is 1.31 bits per heavy atom. The van der Waals surface area contributed by atoms with E-state index in [0.29, 0.717) is 0 Å². The van der Waals surface area contributed by atoms with Gasteiger partial charge in [-0.15, -0.1) is 0 Å². The Morgan fingerprint density at radius 2 is 1.88 bits per heavy atom. The third-order valence-electron chi connectivity index (χ3n) is 2.17. The zero-order valence-corrected chi connectivity index (χ0v) is 7.95. The lowest BCUT2D eigenvalue weighted by atomic mass is 10.1. The second kappa shape index (κ2) is 3.48. The average molecular weight is 232 g/mol. The zero-order valence-electron chi connectivity index (χ0n) is 7.95. The van der Waals surface area contributed by atoms with E-state index < -0.39 is 24.4 Å². The maximum Gasteiger partial charge on any atom is 0.430 e. The van der Waals surface area contributed by atoms with E-state index in [1.165, 1.54) is 12.1 Å². The second-order valence-electron chi connectivity index (χ2n) is 3.32. The van der Waals surface area contributed by atoms with E-state index in [0.717, 1.165) is 0 Å². The summed E-state index contributed by atoms with van der Waals surface area (Å²) in [5, 5.41) is 0. The van der Waals surface area contributed by atoms with Gasteiger partial charge in [-0.25, -0.2) is 4.79 Å². The van der Waals surface area contributed by atoms with Crippen LogP contribution in [0, 0.1) is 0 Å². The summed E-state index contributed by atoms with van der Waals surface area (Å²) in [5.41, 5.74) is -2.76. The van der Waals surface area contributed by atoms with Crippen molar-refractivity contribution in [1.29, 1.82) is 0 Å². The van der Waals surface area contributed by atoms with E-state index in [-0.39, 0.29) is 5.75 Å². The lowest BCUT2D eigenvalue weighted by molar-refractivity contribution is -0.198. The predicted octanol–water partition coefficient (Wildman–Crippen LogP) is 1.92. The van der Waals surface area contributed by atoms with Gasteiger partial charge >= 0.3 is 12.1 Å². The molecule has 0 spiro atoms. The van der Waals surface area contributed by atoms with Gasteiger partial charge in [-0.05, 0) is 12.1 Å². The van der Waals surface area contributed by atoms with E-state index in [9.17, 15) is 18.0 Å². The van der Waals surface area contributed by atoms with Crippen molar-refractivity contribution in [3.05, 3.63) is 30.3 Å². The third kappa shape index (κ3) is 1.76. The highest BCUT2D eigenvalue weighted by molar-refractivity contribution is 5.85. The number of halogens is 3. The maximum absolute atomic E-state index is 12.4. The summed E-state index contributed by atoms with van der Waals surface area (Å²) in [6.45, 7) is -0.678. The molecule has 1 aromatic carbocycles. The molecule has 0 amide bonds. The molecule has 0 N–H and O–H groups in total. The van der Waals surface area contributed by atoms with Crippen LogP contribution in [0.2, 0.25) is 0 Å². The molecule has 1 atom stereocenters. The summed E-state index contributed by atoms with van der Waals surface area (Å²) in [6, 6.07) is 7.55. The van der Waals surface area contributed by atoms with Crippen LogP contribution in [0.15, 0.2) is 30.3 Å². The molecule has 86 valence electrons. The van der Waals surface area contributed by atoms with Crippen molar-refractivity contribution < 1.29 is 27.4 Å². The van der Waals surface area contributed by atoms with E-state index in [4.69, 9.17) is 0 Å². The van der Waals surface area contributed by atoms with Gasteiger partial charge in [0.05, 0.1) is 6.61 Å². The van der Waals surface area contributed by atoms with Gasteiger partial charge < -0.3 is 9.47 Å². The summed E-state index contributed by atoms with van der Waals surface area (Å²) in [6.07, 6.45) is -4.74. The normalized spacial score (nSPS) is 23.9. The molecule has 3 nitrogen and oxygen atoms in total. The Bertz CT molecular complexity index is 396. The molecule has 1 saturated heterocycles. The van der Waals surface area contributed by atoms with Gasteiger partial charge in [-0.3, -0.25) is 0 Å². The minimum absolute atomic E-state index is 0.0617. The van der Waals surface area contributed by atoms with Crippen molar-refractivity contribution in [3.63, 3.8) is 0 Å². The number of carbonyl (C=O) groups excluding carboxylic acids is 1. The number of esters is 1. The SMILES string of the molecule is O=C(Oc1ccccc1)[C@@]1(C(F)(F)F)CO1. The summed E-state index contributed by atoms with van der Waals surface area (Å²) < 4.78 is 46.0. The minimum atomic E-state index is -4.74. The van der Waals surface area contributed by atoms with Gasteiger partial charge in [0.1, 0.15) is 5.75 Å². The Kier molecular flexibility index (Phi) is 2.38. The number of benzene rings is 1. The van der Waals surface area contributed by atoms with Crippen LogP contribution in [-0.2, 0) is 9.53 Å². The van der Waals surface area contributed by atoms with Crippen molar-refractivity contribution >= 4 is 5.97 Å². The smallest absolute Gasteiger partial charge is 0.424 e. The van der Waals surface area contributed by atoms with E-state index >= 15 is 0 Å². The van der Waals surface area contributed by atoms with Gasteiger partial charge in [0, 0.05) is 0 Å². The van der Waals surface area contributed by atoms with Crippen LogP contribution >= 0.6 is 0 Å². The molecule has 0 saturated carbocycles. The standard InChI is InChI=1S/C10H7F3O3/c11-10(12,13)9(6-15-9)8(14)16-7-4-2-1-3-5-7/h1-5H,6H2/t9-/m1/s1. The molecule has 1 aromatic rings. The second-order valence-corrected chi connectivity index (χ2v) is 3.32. The zero-order chi connectivity index (χ0) is 11.8. The first-order valence-corrected chi connectivity index (χ1v) is 4.44. The lowest BCUT2D eigenvalue weighted by Gasteiger charge is -2.14. The van der Waals surface area contributed by atoms with Crippen molar-refractivity contribution in [1.82, 2.24) is 0 Å². The Morgan fingerprint density at radius 3 is 2.31 bits per heavy atom. The van der Waals surface area contributed by atoms with Gasteiger partial charge in [-0.2, -0.15) is 13.2 Å². The summed E-state index contributed by atoms with van der Waals surface area (Å²) in [7, 11) is 0. The molecule has 0 radical (unpaired) electrons. The molecule has 2 rings (SSSR count). The van der Waals surface area contributed by atoms with Gasteiger partial charge in [0.25, 0.3) is 5.60 Å². The molecule has 6 heteroatoms. The van der Waals surface area contributed by atoms with Gasteiger partial charge in [-0.1, -0.05) is 18.2 Å². The summed E-state index contributed by atoms with van der Waals surface area (Å²) in [5.74, 6) is -1.36. The van der Waals surface area contributed by atoms with Crippen molar-refractivity contribution in [2.24, 2.45) is 0 Å². The summed E-state index contributed by atoms with van der Waals surface area (Å²) >= 11 is 0. The lowest BCUT2D eigenvalue weighted by Crippen LogP contribution is -2.43. The van der Waals surface area contributed by atoms with Crippen LogP contribution < -0.4 is 4.74 Å². The molecule has 0 unspecified atom stereocenters. The van der Waals surface area contributed by atoms with Crippen molar-refractivity contribution in [2.75, 3.05) is 6.61 Å². The third-order valence-corrected chi connectivity index (χ3v) is 2.17. The highest BCUT2D eigenvalue weighted by atomic mass is 19.4. The molecule has 16 heavy (non-hydrogen) atoms. The number of hydrogen-bond acceptors (Lipinski definition) is 3. The fourth-order valence-electron chi connectivity index (χ4n) is 1.15. The molecule has 0 bridgehead atoms. The molecule has 1 fully saturated rings. The molecule has 1 aliphatic rings. The van der Waals surface area contributed by atoms with Crippen LogP contribution in [0.5, 0.6) is 5.75 Å². The highest BCUT2D eigenvalue weighted by Gasteiger charge is 2.73. The van der Waals surface area contributed by atoms with E-state index in [1.807, 2.05) is 0 Å². The van der Waals surface area contributed by atoms with Crippen LogP contribution in [0.4, 0.5) is 13.2 Å². The van der Waals surface area contributed by atoms with Crippen LogP contribution in [0.25, 0.3) is 0 Å². The molecule has 1 aliphatic heterocycles. The molecule has 0 aromatic heterocycles.